The van der Waals surface area contributed by atoms with Crippen LogP contribution in [-0.2, 0) is 0 Å². The molecule has 0 radical (unpaired) electrons. The van der Waals surface area contributed by atoms with Gasteiger partial charge in [-0.1, -0.05) is 72.8 Å². The van der Waals surface area contributed by atoms with Crippen LogP contribution in [0.4, 0.5) is 0 Å². The average Bonchev–Trinajstić information content (AvgIpc) is 3.69. The lowest BCUT2D eigenvalue weighted by Gasteiger charge is -2.19. The molecular weight excluding hydrogens is 576 g/mol. The van der Waals surface area contributed by atoms with Crippen LogP contribution in [0.1, 0.15) is 39.7 Å². The van der Waals surface area contributed by atoms with Gasteiger partial charge in [0.2, 0.25) is 5.88 Å². The molecule has 3 aromatic heterocycles. The Balaban J connectivity index is 1.54. The molecule has 0 bridgehead atoms. The van der Waals surface area contributed by atoms with Crippen molar-refractivity contribution < 1.29 is 4.74 Å². The summed E-state index contributed by atoms with van der Waals surface area (Å²) in [7, 11) is 0. The van der Waals surface area contributed by atoms with E-state index in [9.17, 15) is 9.59 Å². The van der Waals surface area contributed by atoms with Crippen LogP contribution in [0.3, 0.4) is 0 Å². The predicted molar refractivity (Wildman–Crippen MR) is 178 cm³/mol. The molecule has 9 heteroatoms. The second kappa shape index (κ2) is 11.8. The van der Waals surface area contributed by atoms with Crippen molar-refractivity contribution in [2.24, 2.45) is 0 Å². The van der Waals surface area contributed by atoms with Gasteiger partial charge in [0.25, 0.3) is 11.1 Å². The zero-order chi connectivity index (χ0) is 31.8. The van der Waals surface area contributed by atoms with Crippen molar-refractivity contribution in [2.45, 2.75) is 26.7 Å². The van der Waals surface area contributed by atoms with E-state index in [0.29, 0.717) is 56.8 Å². The molecule has 0 aliphatic rings. The van der Waals surface area contributed by atoms with Gasteiger partial charge >= 0.3 is 0 Å². The molecule has 4 aromatic carbocycles. The number of hydrogen-bond acceptors (Lipinski definition) is 4. The first-order valence-electron chi connectivity index (χ1n) is 15.0. The molecule has 228 valence electrons. The highest BCUT2D eigenvalue weighted by Gasteiger charge is 2.36. The molecule has 0 fully saturated rings. The summed E-state index contributed by atoms with van der Waals surface area (Å²) in [6.07, 6.45) is 0. The van der Waals surface area contributed by atoms with Crippen molar-refractivity contribution in [3.63, 3.8) is 0 Å². The van der Waals surface area contributed by atoms with Gasteiger partial charge < -0.3 is 4.74 Å². The topological polar surface area (TPSA) is 103 Å². The number of ether oxygens (including phenoxy) is 1. The fraction of sp³-hybridized carbons (Fsp3) is 0.108. The molecule has 2 N–H and O–H groups in total. The van der Waals surface area contributed by atoms with Gasteiger partial charge in [0.05, 0.1) is 45.5 Å². The van der Waals surface area contributed by atoms with Gasteiger partial charge in [0, 0.05) is 11.3 Å². The highest BCUT2D eigenvalue weighted by molar-refractivity contribution is 5.54. The normalized spacial score (nSPS) is 11.9. The molecule has 0 spiro atoms. The van der Waals surface area contributed by atoms with E-state index in [1.54, 1.807) is 11.6 Å². The minimum atomic E-state index is -0.748. The van der Waals surface area contributed by atoms with Crippen molar-refractivity contribution in [3.05, 3.63) is 176 Å². The van der Waals surface area contributed by atoms with Crippen molar-refractivity contribution in [2.75, 3.05) is 0 Å². The number of rotatable bonds is 8. The quantitative estimate of drug-likeness (QED) is 0.200. The Morgan fingerprint density at radius 3 is 1.67 bits per heavy atom. The summed E-state index contributed by atoms with van der Waals surface area (Å²) >= 11 is 0. The zero-order valence-corrected chi connectivity index (χ0v) is 25.6. The lowest BCUT2D eigenvalue weighted by Crippen LogP contribution is -2.22. The largest absolute Gasteiger partial charge is 0.439 e. The summed E-state index contributed by atoms with van der Waals surface area (Å²) in [5, 5.41) is 11.6. The van der Waals surface area contributed by atoms with E-state index in [1.807, 2.05) is 135 Å². The monoisotopic (exact) mass is 608 g/mol. The second-order valence-electron chi connectivity index (χ2n) is 11.2. The summed E-state index contributed by atoms with van der Waals surface area (Å²) in [5.41, 5.74) is 5.23. The van der Waals surface area contributed by atoms with E-state index in [4.69, 9.17) is 9.84 Å². The highest BCUT2D eigenvalue weighted by Crippen LogP contribution is 2.42. The Labute approximate surface area is 264 Å². The number of hydrogen-bond donors (Lipinski definition) is 2. The van der Waals surface area contributed by atoms with Crippen LogP contribution in [0.25, 0.3) is 17.1 Å². The predicted octanol–water partition coefficient (Wildman–Crippen LogP) is 6.73. The summed E-state index contributed by atoms with van der Waals surface area (Å²) in [4.78, 5) is 28.3. The zero-order valence-electron chi connectivity index (χ0n) is 25.6. The summed E-state index contributed by atoms with van der Waals surface area (Å²) in [6, 6.07) is 38.0. The number of aryl methyl sites for hydroxylation is 2. The lowest BCUT2D eigenvalue weighted by atomic mass is 9.87. The first kappa shape index (κ1) is 28.7. The summed E-state index contributed by atoms with van der Waals surface area (Å²) < 4.78 is 11.5. The summed E-state index contributed by atoms with van der Waals surface area (Å²) in [5.74, 6) is 0.306. The Bertz CT molecular complexity index is 2240. The first-order valence-corrected chi connectivity index (χ1v) is 15.0. The minimum Gasteiger partial charge on any atom is -0.439 e. The molecule has 9 nitrogen and oxygen atoms in total. The highest BCUT2D eigenvalue weighted by atomic mass is 16.5. The van der Waals surface area contributed by atoms with Gasteiger partial charge in [-0.2, -0.15) is 5.10 Å². The second-order valence-corrected chi connectivity index (χ2v) is 11.2. The van der Waals surface area contributed by atoms with Crippen LogP contribution >= 0.6 is 0 Å². The lowest BCUT2D eigenvalue weighted by molar-refractivity contribution is 0.438. The van der Waals surface area contributed by atoms with Gasteiger partial charge in [-0.05, 0) is 69.3 Å². The van der Waals surface area contributed by atoms with E-state index in [-0.39, 0.29) is 11.1 Å². The maximum atomic E-state index is 14.5. The number of H-pyrrole nitrogens is 2. The van der Waals surface area contributed by atoms with Crippen molar-refractivity contribution in [1.82, 2.24) is 29.3 Å². The molecule has 0 aliphatic heterocycles. The molecule has 7 rings (SSSR count). The van der Waals surface area contributed by atoms with Crippen molar-refractivity contribution in [1.29, 1.82) is 0 Å². The Hall–Kier alpha value is -6.09. The maximum absolute atomic E-state index is 14.5. The molecule has 0 unspecified atom stereocenters. The molecule has 0 aliphatic carbocycles. The molecule has 46 heavy (non-hydrogen) atoms. The standard InChI is InChI=1S/C37H32N6O3/c1-24-34(40-41(35(24)44)27-16-8-4-9-17-27)33(31-25(2)38-42(36(31)45)28-18-10-5-11-19-28)32-26(3)39-43(29-20-12-6-13-21-29)37(32)46-30-22-14-7-15-23-30/h4-23,33,38,40H,1-3H3/t33-/m0/s1. The van der Waals surface area contributed by atoms with Crippen molar-refractivity contribution in [3.8, 4) is 28.7 Å². The van der Waals surface area contributed by atoms with Crippen LogP contribution in [0, 0.1) is 20.8 Å². The molecular formula is C37H32N6O3. The molecule has 0 amide bonds. The van der Waals surface area contributed by atoms with Gasteiger partial charge in [-0.3, -0.25) is 19.8 Å². The minimum absolute atomic E-state index is 0.207. The molecule has 7 aromatic rings. The van der Waals surface area contributed by atoms with Crippen LogP contribution in [0.15, 0.2) is 131 Å². The van der Waals surface area contributed by atoms with E-state index in [0.717, 1.165) is 5.69 Å². The third-order valence-corrected chi connectivity index (χ3v) is 8.19. The number of para-hydroxylation sites is 4. The maximum Gasteiger partial charge on any atom is 0.275 e. The molecule has 0 saturated heterocycles. The van der Waals surface area contributed by atoms with Gasteiger partial charge in [-0.15, -0.1) is 0 Å². The Kier molecular flexibility index (Phi) is 7.34. The van der Waals surface area contributed by atoms with Gasteiger partial charge in [0.15, 0.2) is 0 Å². The number of nitrogens with zero attached hydrogens (tertiary/aromatic N) is 4. The van der Waals surface area contributed by atoms with Crippen molar-refractivity contribution >= 4 is 0 Å². The van der Waals surface area contributed by atoms with Crippen LogP contribution in [0.2, 0.25) is 0 Å². The average molecular weight is 609 g/mol. The number of benzene rings is 4. The van der Waals surface area contributed by atoms with Crippen LogP contribution in [0.5, 0.6) is 11.6 Å². The fourth-order valence-electron chi connectivity index (χ4n) is 5.96. The smallest absolute Gasteiger partial charge is 0.275 e. The van der Waals surface area contributed by atoms with Gasteiger partial charge in [-0.25, -0.2) is 14.0 Å². The van der Waals surface area contributed by atoms with Gasteiger partial charge in [0.1, 0.15) is 5.75 Å². The van der Waals surface area contributed by atoms with Crippen LogP contribution < -0.4 is 15.9 Å². The van der Waals surface area contributed by atoms with E-state index < -0.39 is 5.92 Å². The third kappa shape index (κ3) is 4.97. The number of aromatic nitrogens is 6. The number of aromatic amines is 2. The third-order valence-electron chi connectivity index (χ3n) is 8.19. The van der Waals surface area contributed by atoms with Crippen LogP contribution in [-0.4, -0.2) is 29.3 Å². The number of nitrogens with one attached hydrogen (secondary N) is 2. The van der Waals surface area contributed by atoms with E-state index >= 15 is 0 Å². The molecule has 3 heterocycles. The van der Waals surface area contributed by atoms with E-state index in [2.05, 4.69) is 10.2 Å². The molecule has 1 atom stereocenters. The Morgan fingerprint density at radius 1 is 0.609 bits per heavy atom. The fourth-order valence-corrected chi connectivity index (χ4v) is 5.96. The Morgan fingerprint density at radius 2 is 1.11 bits per heavy atom. The summed E-state index contributed by atoms with van der Waals surface area (Å²) in [6.45, 7) is 5.56. The van der Waals surface area contributed by atoms with E-state index in [1.165, 1.54) is 9.36 Å². The first-order chi connectivity index (χ1) is 22.4. The SMILES string of the molecule is Cc1nn(-c2ccccc2)c(Oc2ccccc2)c1[C@@H](c1[nH]n(-c2ccccc2)c(=O)c1C)c1c(C)[nH]n(-c2ccccc2)c1=O. The molecule has 0 saturated carbocycles.